The van der Waals surface area contributed by atoms with E-state index >= 15 is 0 Å². The van der Waals surface area contributed by atoms with E-state index in [4.69, 9.17) is 4.74 Å². The first kappa shape index (κ1) is 10.8. The number of aldehydes is 1. The number of benzene rings is 1. The second-order valence-electron chi connectivity index (χ2n) is 3.13. The number of hydrogen-bond acceptors (Lipinski definition) is 3. The van der Waals surface area contributed by atoms with Gasteiger partial charge in [0, 0.05) is 16.2 Å². The van der Waals surface area contributed by atoms with Gasteiger partial charge in [-0.05, 0) is 30.3 Å². The van der Waals surface area contributed by atoms with Crippen LogP contribution in [-0.2, 0) is 0 Å². The fraction of sp³-hybridized carbons (Fsp3) is 0. The average molecular weight is 278 g/mol. The molecule has 0 spiro atoms. The number of pyridine rings is 1. The van der Waals surface area contributed by atoms with Crippen molar-refractivity contribution in [3.8, 4) is 11.5 Å². The second-order valence-corrected chi connectivity index (χ2v) is 4.04. The predicted octanol–water partition coefficient (Wildman–Crippen LogP) is 3.45. The molecular formula is C12H8BrNO2. The van der Waals surface area contributed by atoms with Crippen LogP contribution >= 0.6 is 15.9 Å². The molecule has 0 N–H and O–H groups in total. The summed E-state index contributed by atoms with van der Waals surface area (Å²) in [6.07, 6.45) is 3.79. The quantitative estimate of drug-likeness (QED) is 0.807. The Bertz CT molecular complexity index is 497. The molecule has 3 nitrogen and oxygen atoms in total. The van der Waals surface area contributed by atoms with E-state index in [0.717, 1.165) is 10.8 Å². The minimum Gasteiger partial charge on any atom is -0.456 e. The zero-order valence-electron chi connectivity index (χ0n) is 8.26. The van der Waals surface area contributed by atoms with Crippen molar-refractivity contribution in [2.24, 2.45) is 0 Å². The Morgan fingerprint density at radius 2 is 1.88 bits per heavy atom. The van der Waals surface area contributed by atoms with Crippen molar-refractivity contribution < 1.29 is 9.53 Å². The molecule has 0 bridgehead atoms. The highest BCUT2D eigenvalue weighted by atomic mass is 79.9. The van der Waals surface area contributed by atoms with Gasteiger partial charge in [0.2, 0.25) is 0 Å². The van der Waals surface area contributed by atoms with Gasteiger partial charge in [-0.25, -0.2) is 0 Å². The molecule has 1 heterocycles. The predicted molar refractivity (Wildman–Crippen MR) is 63.8 cm³/mol. The maximum atomic E-state index is 10.6. The third-order valence-corrected chi connectivity index (χ3v) is 2.45. The van der Waals surface area contributed by atoms with Gasteiger partial charge >= 0.3 is 0 Å². The largest absolute Gasteiger partial charge is 0.456 e. The summed E-state index contributed by atoms with van der Waals surface area (Å²) in [7, 11) is 0. The average Bonchev–Trinajstić information content (AvgIpc) is 2.32. The summed E-state index contributed by atoms with van der Waals surface area (Å²) in [5, 5.41) is 0. The van der Waals surface area contributed by atoms with Gasteiger partial charge < -0.3 is 4.74 Å². The molecule has 16 heavy (non-hydrogen) atoms. The van der Waals surface area contributed by atoms with E-state index in [1.807, 2.05) is 24.3 Å². The minimum atomic E-state index is 0.495. The van der Waals surface area contributed by atoms with Gasteiger partial charge in [-0.1, -0.05) is 15.9 Å². The van der Waals surface area contributed by atoms with Gasteiger partial charge in [0.15, 0.2) is 6.29 Å². The van der Waals surface area contributed by atoms with Crippen molar-refractivity contribution in [3.63, 3.8) is 0 Å². The van der Waals surface area contributed by atoms with E-state index in [-0.39, 0.29) is 0 Å². The van der Waals surface area contributed by atoms with Crippen molar-refractivity contribution >= 4 is 22.2 Å². The van der Waals surface area contributed by atoms with Gasteiger partial charge in [-0.15, -0.1) is 0 Å². The molecule has 0 saturated heterocycles. The summed E-state index contributed by atoms with van der Waals surface area (Å²) in [4.78, 5) is 14.5. The van der Waals surface area contributed by atoms with Crippen LogP contribution < -0.4 is 4.74 Å². The Balaban J connectivity index is 2.20. The van der Waals surface area contributed by atoms with Crippen molar-refractivity contribution in [3.05, 3.63) is 52.8 Å². The van der Waals surface area contributed by atoms with Crippen LogP contribution in [0.3, 0.4) is 0 Å². The Morgan fingerprint density at radius 1 is 1.12 bits per heavy atom. The fourth-order valence-electron chi connectivity index (χ4n) is 1.19. The second kappa shape index (κ2) is 4.90. The molecule has 0 aliphatic carbocycles. The number of ether oxygens (including phenoxy) is 1. The molecule has 80 valence electrons. The van der Waals surface area contributed by atoms with Crippen LogP contribution in [0, 0.1) is 0 Å². The van der Waals surface area contributed by atoms with Crippen LogP contribution in [-0.4, -0.2) is 11.3 Å². The van der Waals surface area contributed by atoms with Crippen LogP contribution in [0.4, 0.5) is 0 Å². The Morgan fingerprint density at radius 3 is 2.56 bits per heavy atom. The van der Waals surface area contributed by atoms with E-state index in [1.54, 1.807) is 12.3 Å². The van der Waals surface area contributed by atoms with E-state index in [1.165, 1.54) is 6.20 Å². The summed E-state index contributed by atoms with van der Waals surface area (Å²) >= 11 is 3.34. The topological polar surface area (TPSA) is 39.2 Å². The van der Waals surface area contributed by atoms with Crippen LogP contribution in [0.2, 0.25) is 0 Å². The van der Waals surface area contributed by atoms with E-state index in [2.05, 4.69) is 20.9 Å². The smallest absolute Gasteiger partial charge is 0.151 e. The first-order valence-electron chi connectivity index (χ1n) is 4.61. The summed E-state index contributed by atoms with van der Waals surface area (Å²) in [5.41, 5.74) is 0.495. The molecule has 1 aromatic carbocycles. The number of aromatic nitrogens is 1. The Hall–Kier alpha value is -1.68. The standard InChI is InChI=1S/C12H8BrNO2/c13-10-1-3-11(4-2-10)16-12-5-9(8-15)6-14-7-12/h1-8H. The lowest BCUT2D eigenvalue weighted by molar-refractivity contribution is 0.112. The molecule has 0 fully saturated rings. The third kappa shape index (κ3) is 2.67. The SMILES string of the molecule is O=Cc1cncc(Oc2ccc(Br)cc2)c1. The number of halogens is 1. The van der Waals surface area contributed by atoms with Crippen molar-refractivity contribution in [2.75, 3.05) is 0 Å². The van der Waals surface area contributed by atoms with Crippen molar-refractivity contribution in [2.45, 2.75) is 0 Å². The highest BCUT2D eigenvalue weighted by molar-refractivity contribution is 9.10. The fourth-order valence-corrected chi connectivity index (χ4v) is 1.46. The molecule has 1 aromatic heterocycles. The minimum absolute atomic E-state index is 0.495. The summed E-state index contributed by atoms with van der Waals surface area (Å²) in [6.45, 7) is 0. The van der Waals surface area contributed by atoms with Crippen LogP contribution in [0.5, 0.6) is 11.5 Å². The Kier molecular flexibility index (Phi) is 3.31. The number of hydrogen-bond donors (Lipinski definition) is 0. The summed E-state index contributed by atoms with van der Waals surface area (Å²) in [6, 6.07) is 9.07. The molecule has 0 unspecified atom stereocenters. The Labute approximate surface area is 101 Å². The zero-order valence-corrected chi connectivity index (χ0v) is 9.85. The van der Waals surface area contributed by atoms with E-state index in [0.29, 0.717) is 17.1 Å². The lowest BCUT2D eigenvalue weighted by atomic mass is 10.3. The summed E-state index contributed by atoms with van der Waals surface area (Å²) < 4.78 is 6.52. The number of carbonyl (C=O) groups is 1. The van der Waals surface area contributed by atoms with Gasteiger partial charge in [-0.3, -0.25) is 9.78 Å². The molecule has 0 atom stereocenters. The molecule has 4 heteroatoms. The van der Waals surface area contributed by atoms with Crippen LogP contribution in [0.15, 0.2) is 47.2 Å². The van der Waals surface area contributed by atoms with Gasteiger partial charge in [0.25, 0.3) is 0 Å². The van der Waals surface area contributed by atoms with Crippen LogP contribution in [0.1, 0.15) is 10.4 Å². The molecule has 0 aliphatic rings. The van der Waals surface area contributed by atoms with Gasteiger partial charge in [0.1, 0.15) is 11.5 Å². The number of nitrogens with zero attached hydrogens (tertiary/aromatic N) is 1. The van der Waals surface area contributed by atoms with Crippen molar-refractivity contribution in [1.82, 2.24) is 4.98 Å². The lowest BCUT2D eigenvalue weighted by Gasteiger charge is -2.05. The molecule has 0 aliphatic heterocycles. The molecule has 0 radical (unpaired) electrons. The molecular weight excluding hydrogens is 270 g/mol. The molecule has 0 saturated carbocycles. The van der Waals surface area contributed by atoms with Gasteiger partial charge in [-0.2, -0.15) is 0 Å². The maximum Gasteiger partial charge on any atom is 0.151 e. The lowest BCUT2D eigenvalue weighted by Crippen LogP contribution is -1.88. The number of rotatable bonds is 3. The maximum absolute atomic E-state index is 10.6. The zero-order chi connectivity index (χ0) is 11.4. The van der Waals surface area contributed by atoms with Crippen molar-refractivity contribution in [1.29, 1.82) is 0 Å². The van der Waals surface area contributed by atoms with E-state index in [9.17, 15) is 4.79 Å². The number of carbonyl (C=O) groups excluding carboxylic acids is 1. The first-order valence-corrected chi connectivity index (χ1v) is 5.41. The molecule has 2 aromatic rings. The molecule has 2 rings (SSSR count). The monoisotopic (exact) mass is 277 g/mol. The normalized spacial score (nSPS) is 9.81. The highest BCUT2D eigenvalue weighted by Gasteiger charge is 1.99. The summed E-state index contributed by atoms with van der Waals surface area (Å²) in [5.74, 6) is 1.25. The van der Waals surface area contributed by atoms with Crippen LogP contribution in [0.25, 0.3) is 0 Å². The molecule has 0 amide bonds. The van der Waals surface area contributed by atoms with Gasteiger partial charge in [0.05, 0.1) is 6.20 Å². The highest BCUT2D eigenvalue weighted by Crippen LogP contribution is 2.22. The first-order chi connectivity index (χ1) is 7.78. The van der Waals surface area contributed by atoms with E-state index < -0.39 is 0 Å². The third-order valence-electron chi connectivity index (χ3n) is 1.92.